The van der Waals surface area contributed by atoms with E-state index in [0.29, 0.717) is 19.3 Å². The normalized spacial score (nSPS) is 23.6. The first-order chi connectivity index (χ1) is 9.00. The molecule has 1 aromatic heterocycles. The van der Waals surface area contributed by atoms with Gasteiger partial charge in [0.15, 0.2) is 9.84 Å². The minimum Gasteiger partial charge on any atom is -0.393 e. The van der Waals surface area contributed by atoms with E-state index in [2.05, 4.69) is 17.0 Å². The van der Waals surface area contributed by atoms with Gasteiger partial charge in [0.25, 0.3) is 0 Å². The summed E-state index contributed by atoms with van der Waals surface area (Å²) in [5.41, 5.74) is 0. The van der Waals surface area contributed by atoms with Gasteiger partial charge in [-0.2, -0.15) is 5.10 Å². The molecule has 6 nitrogen and oxygen atoms in total. The van der Waals surface area contributed by atoms with Crippen LogP contribution in [0.4, 0.5) is 0 Å². The topological polar surface area (TPSA) is 85.1 Å². The highest BCUT2D eigenvalue weighted by atomic mass is 32.2. The number of aryl methyl sites for hydroxylation is 1. The molecule has 1 aliphatic heterocycles. The van der Waals surface area contributed by atoms with E-state index < -0.39 is 15.9 Å². The van der Waals surface area contributed by atoms with Crippen LogP contribution in [0.25, 0.3) is 0 Å². The molecule has 2 heterocycles. The maximum Gasteiger partial charge on any atom is 0.150 e. The third-order valence-corrected chi connectivity index (χ3v) is 5.32. The second-order valence-corrected chi connectivity index (χ2v) is 7.49. The van der Waals surface area contributed by atoms with Crippen molar-refractivity contribution in [1.82, 2.24) is 14.8 Å². The molecule has 0 saturated carbocycles. The molecule has 1 N–H and O–H groups in total. The fourth-order valence-corrected chi connectivity index (χ4v) is 4.46. The summed E-state index contributed by atoms with van der Waals surface area (Å²) >= 11 is 0. The summed E-state index contributed by atoms with van der Waals surface area (Å²) in [7, 11) is -2.86. The molecule has 0 amide bonds. The number of aliphatic hydroxyl groups is 1. The lowest BCUT2D eigenvalue weighted by Gasteiger charge is -2.14. The van der Waals surface area contributed by atoms with Crippen molar-refractivity contribution >= 4 is 9.84 Å². The Morgan fingerprint density at radius 2 is 2.37 bits per heavy atom. The van der Waals surface area contributed by atoms with Crippen molar-refractivity contribution in [3.05, 3.63) is 12.2 Å². The predicted molar refractivity (Wildman–Crippen MR) is 71.4 cm³/mol. The van der Waals surface area contributed by atoms with E-state index in [-0.39, 0.29) is 17.4 Å². The number of rotatable bonds is 6. The van der Waals surface area contributed by atoms with Crippen LogP contribution in [-0.4, -0.2) is 45.9 Å². The quantitative estimate of drug-likeness (QED) is 0.819. The fraction of sp³-hybridized carbons (Fsp3) is 0.833. The minimum atomic E-state index is -2.86. The molecule has 0 aliphatic carbocycles. The smallest absolute Gasteiger partial charge is 0.150 e. The van der Waals surface area contributed by atoms with Crippen LogP contribution in [0.3, 0.4) is 0 Å². The molecule has 0 radical (unpaired) electrons. The molecule has 0 bridgehead atoms. The highest BCUT2D eigenvalue weighted by Crippen LogP contribution is 2.23. The molecule has 0 spiro atoms. The number of nitrogens with zero attached hydrogens (tertiary/aromatic N) is 3. The van der Waals surface area contributed by atoms with Crippen LogP contribution in [-0.2, 0) is 22.8 Å². The zero-order chi connectivity index (χ0) is 13.9. The molecule has 2 atom stereocenters. The van der Waals surface area contributed by atoms with E-state index >= 15 is 0 Å². The Labute approximate surface area is 113 Å². The Hall–Kier alpha value is -0.950. The Bertz CT molecular complexity index is 512. The van der Waals surface area contributed by atoms with Crippen LogP contribution < -0.4 is 0 Å². The Balaban J connectivity index is 1.87. The van der Waals surface area contributed by atoms with E-state index in [0.717, 1.165) is 18.8 Å². The fourth-order valence-electron chi connectivity index (χ4n) is 2.58. The number of hydrogen-bond acceptors (Lipinski definition) is 5. The lowest BCUT2D eigenvalue weighted by atomic mass is 9.99. The first-order valence-electron chi connectivity index (χ1n) is 6.75. The Morgan fingerprint density at radius 3 is 3.00 bits per heavy atom. The average Bonchev–Trinajstić information content (AvgIpc) is 2.87. The van der Waals surface area contributed by atoms with Gasteiger partial charge in [0.1, 0.15) is 12.2 Å². The average molecular weight is 287 g/mol. The molecule has 108 valence electrons. The summed E-state index contributed by atoms with van der Waals surface area (Å²) in [5, 5.41) is 14.2. The van der Waals surface area contributed by atoms with Crippen molar-refractivity contribution in [2.45, 2.75) is 45.3 Å². The van der Waals surface area contributed by atoms with Crippen LogP contribution in [0.5, 0.6) is 0 Å². The van der Waals surface area contributed by atoms with Crippen LogP contribution >= 0.6 is 0 Å². The third-order valence-electron chi connectivity index (χ3n) is 3.48. The predicted octanol–water partition coefficient (Wildman–Crippen LogP) is 0.416. The Morgan fingerprint density at radius 1 is 1.58 bits per heavy atom. The summed E-state index contributed by atoms with van der Waals surface area (Å²) in [6, 6.07) is 0. The largest absolute Gasteiger partial charge is 0.393 e. The number of hydrogen-bond donors (Lipinski definition) is 1. The van der Waals surface area contributed by atoms with E-state index in [1.807, 2.05) is 0 Å². The van der Waals surface area contributed by atoms with E-state index in [9.17, 15) is 13.5 Å². The summed E-state index contributed by atoms with van der Waals surface area (Å²) in [4.78, 5) is 4.15. The number of sulfone groups is 1. The molecule has 2 unspecified atom stereocenters. The van der Waals surface area contributed by atoms with Crippen molar-refractivity contribution in [1.29, 1.82) is 0 Å². The summed E-state index contributed by atoms with van der Waals surface area (Å²) in [6.07, 6.45) is 3.55. The molecule has 2 rings (SSSR count). The summed E-state index contributed by atoms with van der Waals surface area (Å²) in [6.45, 7) is 2.85. The molecular weight excluding hydrogens is 266 g/mol. The monoisotopic (exact) mass is 287 g/mol. The van der Waals surface area contributed by atoms with Crippen molar-refractivity contribution in [2.24, 2.45) is 5.92 Å². The molecule has 7 heteroatoms. The molecule has 1 fully saturated rings. The highest BCUT2D eigenvalue weighted by Gasteiger charge is 2.29. The number of aromatic nitrogens is 3. The lowest BCUT2D eigenvalue weighted by Crippen LogP contribution is -2.20. The SMILES string of the molecule is CCCn1ncnc1CC(O)CC1CCS(=O)(=O)C1. The zero-order valence-electron chi connectivity index (χ0n) is 11.2. The maximum absolute atomic E-state index is 11.4. The highest BCUT2D eigenvalue weighted by molar-refractivity contribution is 7.91. The van der Waals surface area contributed by atoms with E-state index in [1.54, 1.807) is 4.68 Å². The molecule has 0 aromatic carbocycles. The maximum atomic E-state index is 11.4. The molecule has 1 aliphatic rings. The van der Waals surface area contributed by atoms with Gasteiger partial charge in [-0.05, 0) is 25.2 Å². The van der Waals surface area contributed by atoms with Gasteiger partial charge in [-0.25, -0.2) is 13.4 Å². The third kappa shape index (κ3) is 4.01. The Kier molecular flexibility index (Phi) is 4.57. The minimum absolute atomic E-state index is 0.0857. The lowest BCUT2D eigenvalue weighted by molar-refractivity contribution is 0.143. The van der Waals surface area contributed by atoms with Gasteiger partial charge in [-0.3, -0.25) is 4.68 Å². The van der Waals surface area contributed by atoms with Gasteiger partial charge in [0, 0.05) is 13.0 Å². The number of aliphatic hydroxyl groups excluding tert-OH is 1. The standard InChI is InChI=1S/C12H21N3O3S/c1-2-4-15-12(13-9-14-15)7-11(16)6-10-3-5-19(17,18)8-10/h9-11,16H,2-8H2,1H3. The van der Waals surface area contributed by atoms with Crippen molar-refractivity contribution in [2.75, 3.05) is 11.5 Å². The van der Waals surface area contributed by atoms with E-state index in [4.69, 9.17) is 0 Å². The van der Waals surface area contributed by atoms with Crippen LogP contribution in [0.2, 0.25) is 0 Å². The first kappa shape index (κ1) is 14.5. The molecule has 1 aromatic rings. The van der Waals surface area contributed by atoms with Gasteiger partial charge in [-0.15, -0.1) is 0 Å². The zero-order valence-corrected chi connectivity index (χ0v) is 12.0. The van der Waals surface area contributed by atoms with Gasteiger partial charge in [0.05, 0.1) is 17.6 Å². The van der Waals surface area contributed by atoms with Crippen molar-refractivity contribution < 1.29 is 13.5 Å². The van der Waals surface area contributed by atoms with Crippen LogP contribution in [0.15, 0.2) is 6.33 Å². The second-order valence-electron chi connectivity index (χ2n) is 5.26. The second kappa shape index (κ2) is 6.00. The molecule has 1 saturated heterocycles. The summed E-state index contributed by atoms with van der Waals surface area (Å²) in [5.74, 6) is 1.33. The first-order valence-corrected chi connectivity index (χ1v) is 8.57. The summed E-state index contributed by atoms with van der Waals surface area (Å²) < 4.78 is 24.5. The van der Waals surface area contributed by atoms with Gasteiger partial charge in [-0.1, -0.05) is 6.92 Å². The van der Waals surface area contributed by atoms with Crippen molar-refractivity contribution in [3.8, 4) is 0 Å². The van der Waals surface area contributed by atoms with Gasteiger partial charge < -0.3 is 5.11 Å². The van der Waals surface area contributed by atoms with E-state index in [1.165, 1.54) is 6.33 Å². The van der Waals surface area contributed by atoms with Crippen LogP contribution in [0.1, 0.15) is 32.0 Å². The molecular formula is C12H21N3O3S. The van der Waals surface area contributed by atoms with Gasteiger partial charge in [0.2, 0.25) is 0 Å². The van der Waals surface area contributed by atoms with Crippen LogP contribution in [0, 0.1) is 5.92 Å². The molecule has 19 heavy (non-hydrogen) atoms. The van der Waals surface area contributed by atoms with Crippen molar-refractivity contribution in [3.63, 3.8) is 0 Å². The van der Waals surface area contributed by atoms with Gasteiger partial charge >= 0.3 is 0 Å².